The second kappa shape index (κ2) is 13.3. The van der Waals surface area contributed by atoms with Crippen molar-refractivity contribution in [3.63, 3.8) is 0 Å². The fourth-order valence-corrected chi connectivity index (χ4v) is 9.29. The van der Waals surface area contributed by atoms with Crippen LogP contribution in [0, 0.1) is 0 Å². The van der Waals surface area contributed by atoms with Crippen molar-refractivity contribution < 1.29 is 0 Å². The van der Waals surface area contributed by atoms with Crippen molar-refractivity contribution in [2.24, 2.45) is 0 Å². The van der Waals surface area contributed by atoms with Crippen LogP contribution in [-0.4, -0.2) is 19.5 Å². The Morgan fingerprint density at radius 2 is 0.929 bits per heavy atom. The van der Waals surface area contributed by atoms with E-state index in [1.165, 1.54) is 59.5 Å². The van der Waals surface area contributed by atoms with E-state index in [2.05, 4.69) is 162 Å². The largest absolute Gasteiger partial charge is 0.309 e. The number of hydrogen-bond acceptors (Lipinski definition) is 4. The number of thiophene rings is 1. The molecule has 56 heavy (non-hydrogen) atoms. The summed E-state index contributed by atoms with van der Waals surface area (Å²) in [4.78, 5) is 15.1. The van der Waals surface area contributed by atoms with Crippen molar-refractivity contribution >= 4 is 53.3 Å². The number of fused-ring (bicyclic) bond motifs is 6. The molecule has 0 amide bonds. The quantitative estimate of drug-likeness (QED) is 0.171. The minimum atomic E-state index is 0.658. The van der Waals surface area contributed by atoms with Crippen LogP contribution in [0.3, 0.4) is 0 Å². The molecule has 11 rings (SSSR count). The van der Waals surface area contributed by atoms with Gasteiger partial charge in [0, 0.05) is 53.3 Å². The fraction of sp³-hybridized carbons (Fsp3) is 0. The Kier molecular flexibility index (Phi) is 7.64. The molecule has 3 heterocycles. The first-order valence-corrected chi connectivity index (χ1v) is 19.6. The maximum absolute atomic E-state index is 5.09. The zero-order valence-corrected chi connectivity index (χ0v) is 31.0. The Morgan fingerprint density at radius 3 is 1.61 bits per heavy atom. The summed E-state index contributed by atoms with van der Waals surface area (Å²) in [6.07, 6.45) is 0. The van der Waals surface area contributed by atoms with E-state index >= 15 is 0 Å². The second-order valence-corrected chi connectivity index (χ2v) is 15.1. The molecule has 8 aromatic carbocycles. The summed E-state index contributed by atoms with van der Waals surface area (Å²) in [7, 11) is 0. The van der Waals surface area contributed by atoms with Gasteiger partial charge in [-0.25, -0.2) is 15.0 Å². The van der Waals surface area contributed by atoms with E-state index in [1.807, 2.05) is 36.4 Å². The van der Waals surface area contributed by atoms with Crippen molar-refractivity contribution in [2.75, 3.05) is 0 Å². The first kappa shape index (κ1) is 32.2. The SMILES string of the molecule is c1ccc(-c2cc(-c3ccccc3)c3c4ccccc4n(-c4ccc5c(c4)sc4c(-c6nc(-c7ccccc7)nc(-c7ccccc7)n6)cccc45)c3c2)cc1. The van der Waals surface area contributed by atoms with E-state index in [0.717, 1.165) is 27.1 Å². The van der Waals surface area contributed by atoms with Crippen LogP contribution in [0.1, 0.15) is 0 Å². The molecule has 0 saturated carbocycles. The van der Waals surface area contributed by atoms with Crippen molar-refractivity contribution in [1.29, 1.82) is 0 Å². The van der Waals surface area contributed by atoms with Gasteiger partial charge in [-0.05, 0) is 58.7 Å². The van der Waals surface area contributed by atoms with Gasteiger partial charge in [0.1, 0.15) is 0 Å². The molecular weight excluding hydrogens is 701 g/mol. The minimum Gasteiger partial charge on any atom is -0.309 e. The Labute approximate surface area is 327 Å². The standard InChI is InChI=1S/C51H32N4S/c1-5-16-33(17-6-1)37-30-43(34-18-7-2-8-19-34)47-41-24-13-14-27-44(41)55(45(47)31-37)38-28-29-39-40-25-15-26-42(48(40)56-46(39)32-38)51-53-49(35-20-9-3-10-21-35)52-50(54-51)36-22-11-4-12-23-36/h1-32H. The van der Waals surface area contributed by atoms with Gasteiger partial charge < -0.3 is 4.57 Å². The summed E-state index contributed by atoms with van der Waals surface area (Å²) < 4.78 is 4.81. The zero-order chi connectivity index (χ0) is 37.0. The van der Waals surface area contributed by atoms with Crippen LogP contribution < -0.4 is 0 Å². The third kappa shape index (κ3) is 5.40. The average molecular weight is 733 g/mol. The van der Waals surface area contributed by atoms with Gasteiger partial charge in [0.2, 0.25) is 0 Å². The van der Waals surface area contributed by atoms with Gasteiger partial charge >= 0.3 is 0 Å². The lowest BCUT2D eigenvalue weighted by Gasteiger charge is -2.12. The molecular formula is C51H32N4S. The molecule has 0 saturated heterocycles. The Balaban J connectivity index is 1.13. The monoisotopic (exact) mass is 732 g/mol. The van der Waals surface area contributed by atoms with Crippen LogP contribution in [0.4, 0.5) is 0 Å². The second-order valence-electron chi connectivity index (χ2n) is 14.0. The number of rotatable bonds is 6. The van der Waals surface area contributed by atoms with Crippen LogP contribution in [0.15, 0.2) is 194 Å². The van der Waals surface area contributed by atoms with Crippen molar-refractivity contribution in [2.45, 2.75) is 0 Å². The molecule has 3 aromatic heterocycles. The van der Waals surface area contributed by atoms with E-state index < -0.39 is 0 Å². The van der Waals surface area contributed by atoms with Crippen molar-refractivity contribution in [3.8, 4) is 62.1 Å². The van der Waals surface area contributed by atoms with Gasteiger partial charge in [0.15, 0.2) is 17.5 Å². The lowest BCUT2D eigenvalue weighted by atomic mass is 9.94. The van der Waals surface area contributed by atoms with Gasteiger partial charge in [0.05, 0.1) is 11.0 Å². The third-order valence-electron chi connectivity index (χ3n) is 10.6. The molecule has 0 fully saturated rings. The van der Waals surface area contributed by atoms with Crippen LogP contribution in [0.25, 0.3) is 104 Å². The molecule has 0 bridgehead atoms. The van der Waals surface area contributed by atoms with Crippen LogP contribution in [0.5, 0.6) is 0 Å². The highest BCUT2D eigenvalue weighted by Crippen LogP contribution is 2.44. The van der Waals surface area contributed by atoms with E-state index in [-0.39, 0.29) is 0 Å². The van der Waals surface area contributed by atoms with E-state index in [1.54, 1.807) is 11.3 Å². The highest BCUT2D eigenvalue weighted by molar-refractivity contribution is 7.26. The lowest BCUT2D eigenvalue weighted by Crippen LogP contribution is -2.00. The topological polar surface area (TPSA) is 43.6 Å². The molecule has 0 aliphatic carbocycles. The maximum atomic E-state index is 5.09. The van der Waals surface area contributed by atoms with Crippen LogP contribution in [-0.2, 0) is 0 Å². The molecule has 0 atom stereocenters. The lowest BCUT2D eigenvalue weighted by molar-refractivity contribution is 1.08. The van der Waals surface area contributed by atoms with Gasteiger partial charge in [0.25, 0.3) is 0 Å². The summed E-state index contributed by atoms with van der Waals surface area (Å²) in [5.74, 6) is 1.98. The predicted octanol–water partition coefficient (Wildman–Crippen LogP) is 13.7. The van der Waals surface area contributed by atoms with Gasteiger partial charge in [-0.15, -0.1) is 11.3 Å². The van der Waals surface area contributed by atoms with E-state index in [4.69, 9.17) is 15.0 Å². The van der Waals surface area contributed by atoms with E-state index in [0.29, 0.717) is 17.5 Å². The molecule has 0 unspecified atom stereocenters. The third-order valence-corrected chi connectivity index (χ3v) is 11.8. The predicted molar refractivity (Wildman–Crippen MR) is 234 cm³/mol. The minimum absolute atomic E-state index is 0.658. The molecule has 0 aliphatic rings. The Morgan fingerprint density at radius 1 is 0.357 bits per heavy atom. The van der Waals surface area contributed by atoms with Gasteiger partial charge in [-0.1, -0.05) is 158 Å². The number of hydrogen-bond donors (Lipinski definition) is 0. The van der Waals surface area contributed by atoms with Gasteiger partial charge in [-0.3, -0.25) is 0 Å². The summed E-state index contributed by atoms with van der Waals surface area (Å²) in [5, 5.41) is 4.89. The number of para-hydroxylation sites is 1. The first-order chi connectivity index (χ1) is 27.8. The van der Waals surface area contributed by atoms with Crippen molar-refractivity contribution in [3.05, 3.63) is 194 Å². The van der Waals surface area contributed by atoms with Crippen molar-refractivity contribution in [1.82, 2.24) is 19.5 Å². The van der Waals surface area contributed by atoms with Crippen LogP contribution in [0.2, 0.25) is 0 Å². The molecule has 11 aromatic rings. The smallest absolute Gasteiger partial charge is 0.165 e. The van der Waals surface area contributed by atoms with Crippen LogP contribution >= 0.6 is 11.3 Å². The number of benzene rings is 8. The molecule has 262 valence electrons. The first-order valence-electron chi connectivity index (χ1n) is 18.8. The Bertz CT molecular complexity index is 3170. The van der Waals surface area contributed by atoms with Gasteiger partial charge in [-0.2, -0.15) is 0 Å². The summed E-state index contributed by atoms with van der Waals surface area (Å²) in [6, 6.07) is 68.7. The maximum Gasteiger partial charge on any atom is 0.165 e. The fourth-order valence-electron chi connectivity index (χ4n) is 8.05. The normalized spacial score (nSPS) is 11.6. The highest BCUT2D eigenvalue weighted by Gasteiger charge is 2.20. The zero-order valence-electron chi connectivity index (χ0n) is 30.2. The highest BCUT2D eigenvalue weighted by atomic mass is 32.1. The Hall–Kier alpha value is -7.21. The number of aromatic nitrogens is 4. The molecule has 0 aliphatic heterocycles. The number of nitrogens with zero attached hydrogens (tertiary/aromatic N) is 4. The molecule has 0 spiro atoms. The molecule has 0 N–H and O–H groups in total. The van der Waals surface area contributed by atoms with E-state index in [9.17, 15) is 0 Å². The summed E-state index contributed by atoms with van der Waals surface area (Å²) >= 11 is 1.79. The molecule has 0 radical (unpaired) electrons. The average Bonchev–Trinajstić information content (AvgIpc) is 3.82. The summed E-state index contributed by atoms with van der Waals surface area (Å²) in [6.45, 7) is 0. The summed E-state index contributed by atoms with van der Waals surface area (Å²) in [5.41, 5.74) is 11.2. The molecule has 4 nitrogen and oxygen atoms in total. The molecule has 5 heteroatoms.